The number of carbonyl (C=O) groups excluding carboxylic acids is 3. The molecule has 1 aliphatic heterocycles. The van der Waals surface area contributed by atoms with E-state index in [4.69, 9.17) is 9.47 Å². The van der Waals surface area contributed by atoms with Gasteiger partial charge >= 0.3 is 11.9 Å². The molecule has 5 nitrogen and oxygen atoms in total. The van der Waals surface area contributed by atoms with Crippen LogP contribution in [-0.4, -0.2) is 30.4 Å². The van der Waals surface area contributed by atoms with Gasteiger partial charge in [0.1, 0.15) is 18.5 Å². The van der Waals surface area contributed by atoms with Crippen molar-refractivity contribution in [2.75, 3.05) is 0 Å². The van der Waals surface area contributed by atoms with Crippen molar-refractivity contribution in [3.8, 4) is 0 Å². The van der Waals surface area contributed by atoms with E-state index in [1.54, 1.807) is 19.9 Å². The Kier molecular flexibility index (Phi) is 6.12. The lowest BCUT2D eigenvalue weighted by Gasteiger charge is -2.27. The summed E-state index contributed by atoms with van der Waals surface area (Å²) in [6.45, 7) is 9.18. The average Bonchev–Trinajstić information content (AvgIpc) is 2.85. The summed E-state index contributed by atoms with van der Waals surface area (Å²) in [5, 5.41) is 0. The van der Waals surface area contributed by atoms with Crippen LogP contribution in [0, 0.1) is 5.92 Å². The first-order valence-electron chi connectivity index (χ1n) is 8.42. The first-order chi connectivity index (χ1) is 11.9. The molecule has 0 unspecified atom stereocenters. The highest BCUT2D eigenvalue weighted by Gasteiger charge is 2.44. The number of ether oxygens (including phenoxy) is 2. The summed E-state index contributed by atoms with van der Waals surface area (Å²) in [5.74, 6) is -1.46. The van der Waals surface area contributed by atoms with E-state index in [1.165, 1.54) is 0 Å². The quantitative estimate of drug-likeness (QED) is 0.340. The molecule has 2 aliphatic rings. The van der Waals surface area contributed by atoms with Crippen LogP contribution in [0.3, 0.4) is 0 Å². The van der Waals surface area contributed by atoms with Gasteiger partial charge in [-0.3, -0.25) is 4.79 Å². The molecule has 0 aromatic heterocycles. The number of carbonyl (C=O) groups is 3. The predicted octanol–water partition coefficient (Wildman–Crippen LogP) is 3.22. The first kappa shape index (κ1) is 18.9. The van der Waals surface area contributed by atoms with Crippen LogP contribution in [0.5, 0.6) is 0 Å². The van der Waals surface area contributed by atoms with Crippen LogP contribution >= 0.6 is 0 Å². The van der Waals surface area contributed by atoms with E-state index >= 15 is 0 Å². The summed E-state index contributed by atoms with van der Waals surface area (Å²) in [5.41, 5.74) is 2.34. The van der Waals surface area contributed by atoms with Crippen molar-refractivity contribution < 1.29 is 23.9 Å². The van der Waals surface area contributed by atoms with Crippen LogP contribution in [0.2, 0.25) is 0 Å². The highest BCUT2D eigenvalue weighted by Crippen LogP contribution is 2.36. The van der Waals surface area contributed by atoms with Crippen molar-refractivity contribution in [1.29, 1.82) is 0 Å². The van der Waals surface area contributed by atoms with E-state index in [-0.39, 0.29) is 12.0 Å². The molecule has 0 spiro atoms. The van der Waals surface area contributed by atoms with Gasteiger partial charge in [-0.15, -0.1) is 0 Å². The zero-order chi connectivity index (χ0) is 18.6. The van der Waals surface area contributed by atoms with Crippen LogP contribution in [0.25, 0.3) is 0 Å². The minimum atomic E-state index is -0.690. The fourth-order valence-electron chi connectivity index (χ4n) is 3.03. The molecule has 0 N–H and O–H groups in total. The largest absolute Gasteiger partial charge is 0.458 e. The smallest absolute Gasteiger partial charge is 0.334 e. The second kappa shape index (κ2) is 8.10. The molecule has 1 heterocycles. The highest BCUT2D eigenvalue weighted by molar-refractivity contribution is 5.92. The lowest BCUT2D eigenvalue weighted by molar-refractivity contribution is -0.147. The average molecular weight is 344 g/mol. The van der Waals surface area contributed by atoms with E-state index in [9.17, 15) is 14.4 Å². The molecule has 1 aliphatic carbocycles. The number of allylic oxidation sites excluding steroid dienone is 3. The van der Waals surface area contributed by atoms with E-state index in [0.717, 1.165) is 18.3 Å². The van der Waals surface area contributed by atoms with Gasteiger partial charge in [0.05, 0.1) is 5.92 Å². The summed E-state index contributed by atoms with van der Waals surface area (Å²) >= 11 is 0. The third-order valence-electron chi connectivity index (χ3n) is 4.66. The van der Waals surface area contributed by atoms with Gasteiger partial charge in [-0.25, -0.2) is 9.59 Å². The molecule has 0 amide bonds. The fraction of sp³-hybridized carbons (Fsp3) is 0.450. The topological polar surface area (TPSA) is 69.7 Å². The number of aldehydes is 1. The summed E-state index contributed by atoms with van der Waals surface area (Å²) in [6.07, 6.45) is 6.67. The van der Waals surface area contributed by atoms with Gasteiger partial charge < -0.3 is 9.47 Å². The molecule has 0 saturated carbocycles. The van der Waals surface area contributed by atoms with Gasteiger partial charge in [-0.1, -0.05) is 24.3 Å². The highest BCUT2D eigenvalue weighted by atomic mass is 16.6. The van der Waals surface area contributed by atoms with E-state index < -0.39 is 30.1 Å². The van der Waals surface area contributed by atoms with Crippen LogP contribution in [0.1, 0.15) is 40.0 Å². The Labute approximate surface area is 148 Å². The van der Waals surface area contributed by atoms with E-state index in [2.05, 4.69) is 6.58 Å². The Hall–Kier alpha value is -2.43. The van der Waals surface area contributed by atoms with Gasteiger partial charge in [-0.05, 0) is 45.3 Å². The third kappa shape index (κ3) is 4.35. The molecule has 0 radical (unpaired) electrons. The predicted molar refractivity (Wildman–Crippen MR) is 93.6 cm³/mol. The van der Waals surface area contributed by atoms with Gasteiger partial charge in [0.2, 0.25) is 0 Å². The number of fused-ring (bicyclic) bond motifs is 1. The molecule has 1 saturated heterocycles. The number of hydrogen-bond acceptors (Lipinski definition) is 5. The summed E-state index contributed by atoms with van der Waals surface area (Å²) in [7, 11) is 0. The second-order valence-corrected chi connectivity index (χ2v) is 6.49. The molecular formula is C20H24O5. The van der Waals surface area contributed by atoms with Crippen molar-refractivity contribution in [2.24, 2.45) is 5.92 Å². The van der Waals surface area contributed by atoms with Crippen molar-refractivity contribution in [1.82, 2.24) is 0 Å². The number of hydrogen-bond donors (Lipinski definition) is 0. The summed E-state index contributed by atoms with van der Waals surface area (Å²) in [4.78, 5) is 35.7. The molecular weight excluding hydrogens is 320 g/mol. The van der Waals surface area contributed by atoms with Gasteiger partial charge in [0.25, 0.3) is 0 Å². The maximum atomic E-state index is 12.3. The first-order valence-corrected chi connectivity index (χ1v) is 8.42. The Morgan fingerprint density at radius 1 is 1.44 bits per heavy atom. The van der Waals surface area contributed by atoms with Crippen LogP contribution in [0.4, 0.5) is 0 Å². The van der Waals surface area contributed by atoms with Crippen LogP contribution in [-0.2, 0) is 23.9 Å². The molecule has 1 fully saturated rings. The maximum absolute atomic E-state index is 12.3. The second-order valence-electron chi connectivity index (χ2n) is 6.49. The van der Waals surface area contributed by atoms with Crippen molar-refractivity contribution in [3.63, 3.8) is 0 Å². The Bertz CT molecular complexity index is 680. The Balaban J connectivity index is 2.42. The third-order valence-corrected chi connectivity index (χ3v) is 4.66. The normalized spacial score (nSPS) is 31.8. The molecule has 134 valence electrons. The van der Waals surface area contributed by atoms with Gasteiger partial charge in [0.15, 0.2) is 0 Å². The van der Waals surface area contributed by atoms with Crippen molar-refractivity contribution in [3.05, 3.63) is 47.1 Å². The summed E-state index contributed by atoms with van der Waals surface area (Å²) < 4.78 is 11.1. The van der Waals surface area contributed by atoms with E-state index in [1.807, 2.05) is 19.1 Å². The van der Waals surface area contributed by atoms with Crippen LogP contribution in [0.15, 0.2) is 47.1 Å². The SMILES string of the molecule is C=C1C(=O)O[C@@H]2/C=C(\C)CC/C=C(/C=O)C[C@@H](OC(=O)/C(C)=C\C)[C@@H]12. The summed E-state index contributed by atoms with van der Waals surface area (Å²) in [6, 6.07) is 0. The lowest BCUT2D eigenvalue weighted by Crippen LogP contribution is -2.34. The number of rotatable bonds is 3. The minimum absolute atomic E-state index is 0.232. The molecule has 3 atom stereocenters. The van der Waals surface area contributed by atoms with Gasteiger partial charge in [0, 0.05) is 17.6 Å². The molecule has 0 aromatic carbocycles. The maximum Gasteiger partial charge on any atom is 0.334 e. The zero-order valence-corrected chi connectivity index (χ0v) is 14.9. The standard InChI is InChI=1S/C20H24O5/c1-5-13(3)19(22)24-17-10-15(11-21)8-6-7-12(2)9-16-18(17)14(4)20(23)25-16/h5,8-9,11,16-18H,4,6-7,10H2,1-3H3/b12-9+,13-5-,15-8+/t16-,17-,18+/m1/s1. The Morgan fingerprint density at radius 3 is 2.80 bits per heavy atom. The Morgan fingerprint density at radius 2 is 2.16 bits per heavy atom. The molecule has 0 bridgehead atoms. The molecule has 5 heteroatoms. The molecule has 2 rings (SSSR count). The zero-order valence-electron chi connectivity index (χ0n) is 14.9. The van der Waals surface area contributed by atoms with Gasteiger partial charge in [-0.2, -0.15) is 0 Å². The fourth-order valence-corrected chi connectivity index (χ4v) is 3.03. The van der Waals surface area contributed by atoms with Crippen LogP contribution < -0.4 is 0 Å². The van der Waals surface area contributed by atoms with Crippen molar-refractivity contribution >= 4 is 18.2 Å². The van der Waals surface area contributed by atoms with Crippen molar-refractivity contribution in [2.45, 2.75) is 52.2 Å². The molecule has 25 heavy (non-hydrogen) atoms. The minimum Gasteiger partial charge on any atom is -0.458 e. The lowest BCUT2D eigenvalue weighted by atomic mass is 9.85. The number of esters is 2. The monoisotopic (exact) mass is 344 g/mol. The molecule has 0 aromatic rings. The van der Waals surface area contributed by atoms with E-state index in [0.29, 0.717) is 17.6 Å².